The third kappa shape index (κ3) is 5.83. The average Bonchev–Trinajstić information content (AvgIpc) is 2.68. The first-order chi connectivity index (χ1) is 13.4. The van der Waals surface area contributed by atoms with Crippen molar-refractivity contribution in [1.82, 2.24) is 10.2 Å². The Labute approximate surface area is 168 Å². The van der Waals surface area contributed by atoms with E-state index in [9.17, 15) is 4.79 Å². The normalized spacial score (nSPS) is 16.0. The zero-order valence-corrected chi connectivity index (χ0v) is 17.3. The number of para-hydroxylation sites is 1. The molecule has 0 saturated carbocycles. The van der Waals surface area contributed by atoms with Gasteiger partial charge in [-0.3, -0.25) is 9.69 Å². The van der Waals surface area contributed by atoms with E-state index in [1.165, 1.54) is 5.56 Å². The van der Waals surface area contributed by atoms with E-state index in [2.05, 4.69) is 61.3 Å². The van der Waals surface area contributed by atoms with Crippen LogP contribution in [0.5, 0.6) is 5.75 Å². The second-order valence-electron chi connectivity index (χ2n) is 8.64. The largest absolute Gasteiger partial charge is 0.483 e. The van der Waals surface area contributed by atoms with Crippen molar-refractivity contribution in [3.05, 3.63) is 65.7 Å². The minimum Gasteiger partial charge on any atom is -0.483 e. The van der Waals surface area contributed by atoms with Crippen LogP contribution < -0.4 is 10.1 Å². The summed E-state index contributed by atoms with van der Waals surface area (Å²) in [7, 11) is 0. The Morgan fingerprint density at radius 1 is 1.04 bits per heavy atom. The Kier molecular flexibility index (Phi) is 6.74. The van der Waals surface area contributed by atoms with Crippen LogP contribution in [0.1, 0.15) is 44.7 Å². The number of amides is 1. The van der Waals surface area contributed by atoms with Gasteiger partial charge in [0.2, 0.25) is 0 Å². The number of benzene rings is 2. The van der Waals surface area contributed by atoms with E-state index < -0.39 is 0 Å². The molecule has 1 N–H and O–H groups in total. The number of rotatable bonds is 6. The predicted molar refractivity (Wildman–Crippen MR) is 114 cm³/mol. The van der Waals surface area contributed by atoms with Crippen LogP contribution in [-0.4, -0.2) is 36.5 Å². The van der Waals surface area contributed by atoms with Gasteiger partial charge in [-0.25, -0.2) is 0 Å². The molecule has 1 saturated heterocycles. The van der Waals surface area contributed by atoms with Gasteiger partial charge in [-0.05, 0) is 35.4 Å². The van der Waals surface area contributed by atoms with Gasteiger partial charge in [-0.15, -0.1) is 0 Å². The van der Waals surface area contributed by atoms with Gasteiger partial charge in [0, 0.05) is 25.7 Å². The molecule has 0 bridgehead atoms. The molecule has 0 aliphatic carbocycles. The molecule has 1 fully saturated rings. The molecule has 3 rings (SSSR count). The van der Waals surface area contributed by atoms with Crippen LogP contribution in [-0.2, 0) is 16.8 Å². The van der Waals surface area contributed by atoms with Crippen molar-refractivity contribution in [2.75, 3.05) is 19.7 Å². The molecule has 1 aliphatic rings. The van der Waals surface area contributed by atoms with Crippen molar-refractivity contribution >= 4 is 5.91 Å². The van der Waals surface area contributed by atoms with Crippen LogP contribution in [0.3, 0.4) is 0 Å². The third-order valence-electron chi connectivity index (χ3n) is 5.26. The summed E-state index contributed by atoms with van der Waals surface area (Å²) >= 11 is 0. The number of hydrogen-bond acceptors (Lipinski definition) is 3. The lowest BCUT2D eigenvalue weighted by atomic mass is 9.86. The van der Waals surface area contributed by atoms with Gasteiger partial charge in [0.25, 0.3) is 5.91 Å². The van der Waals surface area contributed by atoms with E-state index in [1.807, 2.05) is 24.3 Å². The SMILES string of the molecule is CC(C)(C)c1ccccc1OCC(=O)NC1CCN(Cc2ccccc2)CC1. The molecule has 0 unspecified atom stereocenters. The minimum absolute atomic E-state index is 0.0152. The molecule has 0 aromatic heterocycles. The predicted octanol–water partition coefficient (Wildman–Crippen LogP) is 4.14. The second kappa shape index (κ2) is 9.24. The number of nitrogens with one attached hydrogen (secondary N) is 1. The quantitative estimate of drug-likeness (QED) is 0.819. The maximum Gasteiger partial charge on any atom is 0.258 e. The summed E-state index contributed by atoms with van der Waals surface area (Å²) in [6.07, 6.45) is 1.97. The lowest BCUT2D eigenvalue weighted by molar-refractivity contribution is -0.124. The Bertz CT molecular complexity index is 760. The minimum atomic E-state index is -0.0368. The summed E-state index contributed by atoms with van der Waals surface area (Å²) in [5.74, 6) is 0.757. The molecular weight excluding hydrogens is 348 g/mol. The molecule has 2 aromatic rings. The molecule has 2 aromatic carbocycles. The van der Waals surface area contributed by atoms with Gasteiger partial charge < -0.3 is 10.1 Å². The van der Waals surface area contributed by atoms with Gasteiger partial charge in [0.05, 0.1) is 0 Å². The van der Waals surface area contributed by atoms with E-state index >= 15 is 0 Å². The highest BCUT2D eigenvalue weighted by Gasteiger charge is 2.22. The van der Waals surface area contributed by atoms with Crippen molar-refractivity contribution in [2.45, 2.75) is 51.6 Å². The number of nitrogens with zero attached hydrogens (tertiary/aromatic N) is 1. The Hall–Kier alpha value is -2.33. The second-order valence-corrected chi connectivity index (χ2v) is 8.64. The molecule has 1 amide bonds. The Morgan fingerprint density at radius 3 is 2.36 bits per heavy atom. The lowest BCUT2D eigenvalue weighted by Gasteiger charge is -2.32. The van der Waals surface area contributed by atoms with Crippen LogP contribution in [0.25, 0.3) is 0 Å². The lowest BCUT2D eigenvalue weighted by Crippen LogP contribution is -2.45. The molecule has 0 spiro atoms. The highest BCUT2D eigenvalue weighted by Crippen LogP contribution is 2.30. The van der Waals surface area contributed by atoms with Crippen molar-refractivity contribution in [3.63, 3.8) is 0 Å². The van der Waals surface area contributed by atoms with E-state index in [0.717, 1.165) is 43.8 Å². The number of ether oxygens (including phenoxy) is 1. The van der Waals surface area contributed by atoms with Crippen LogP contribution in [0, 0.1) is 0 Å². The fraction of sp³-hybridized carbons (Fsp3) is 0.458. The molecule has 150 valence electrons. The molecule has 1 aliphatic heterocycles. The first-order valence-corrected chi connectivity index (χ1v) is 10.2. The number of hydrogen-bond donors (Lipinski definition) is 1. The maximum absolute atomic E-state index is 12.4. The van der Waals surface area contributed by atoms with Gasteiger partial charge in [0.15, 0.2) is 6.61 Å². The van der Waals surface area contributed by atoms with Crippen LogP contribution in [0.2, 0.25) is 0 Å². The summed E-state index contributed by atoms with van der Waals surface area (Å²) in [6, 6.07) is 18.8. The fourth-order valence-corrected chi connectivity index (χ4v) is 3.70. The molecular formula is C24H32N2O2. The number of likely N-dealkylation sites (tertiary alicyclic amines) is 1. The van der Waals surface area contributed by atoms with Crippen LogP contribution in [0.15, 0.2) is 54.6 Å². The first-order valence-electron chi connectivity index (χ1n) is 10.2. The molecule has 28 heavy (non-hydrogen) atoms. The fourth-order valence-electron chi connectivity index (χ4n) is 3.70. The van der Waals surface area contributed by atoms with Crippen LogP contribution in [0.4, 0.5) is 0 Å². The number of carbonyl (C=O) groups excluding carboxylic acids is 1. The maximum atomic E-state index is 12.4. The average molecular weight is 381 g/mol. The summed E-state index contributed by atoms with van der Waals surface area (Å²) in [4.78, 5) is 14.8. The topological polar surface area (TPSA) is 41.6 Å². The molecule has 4 heteroatoms. The van der Waals surface area contributed by atoms with Gasteiger partial charge in [-0.1, -0.05) is 69.3 Å². The van der Waals surface area contributed by atoms with Crippen molar-refractivity contribution < 1.29 is 9.53 Å². The van der Waals surface area contributed by atoms with E-state index in [4.69, 9.17) is 4.74 Å². The van der Waals surface area contributed by atoms with Gasteiger partial charge >= 0.3 is 0 Å². The smallest absolute Gasteiger partial charge is 0.258 e. The van der Waals surface area contributed by atoms with Gasteiger partial charge in [0.1, 0.15) is 5.75 Å². The summed E-state index contributed by atoms with van der Waals surface area (Å²) in [5, 5.41) is 3.14. The molecule has 1 heterocycles. The summed E-state index contributed by atoms with van der Waals surface area (Å²) < 4.78 is 5.84. The van der Waals surface area contributed by atoms with Crippen molar-refractivity contribution in [3.8, 4) is 5.75 Å². The van der Waals surface area contributed by atoms with Crippen molar-refractivity contribution in [1.29, 1.82) is 0 Å². The van der Waals surface area contributed by atoms with E-state index in [1.54, 1.807) is 0 Å². The highest BCUT2D eigenvalue weighted by atomic mass is 16.5. The number of carbonyl (C=O) groups is 1. The Balaban J connectivity index is 1.43. The van der Waals surface area contributed by atoms with E-state index in [-0.39, 0.29) is 24.0 Å². The third-order valence-corrected chi connectivity index (χ3v) is 5.26. The Morgan fingerprint density at radius 2 is 1.68 bits per heavy atom. The van der Waals surface area contributed by atoms with Gasteiger partial charge in [-0.2, -0.15) is 0 Å². The molecule has 0 atom stereocenters. The molecule has 0 radical (unpaired) electrons. The first kappa shape index (κ1) is 20.4. The summed E-state index contributed by atoms with van der Waals surface area (Å²) in [5.41, 5.74) is 2.45. The van der Waals surface area contributed by atoms with E-state index in [0.29, 0.717) is 0 Å². The molecule has 4 nitrogen and oxygen atoms in total. The standard InChI is InChI=1S/C24H32N2O2/c1-24(2,3)21-11-7-8-12-22(21)28-18-23(27)25-20-13-15-26(16-14-20)17-19-9-5-4-6-10-19/h4-12,20H,13-18H2,1-3H3,(H,25,27). The number of piperidine rings is 1. The zero-order valence-electron chi connectivity index (χ0n) is 17.3. The van der Waals surface area contributed by atoms with Crippen molar-refractivity contribution in [2.24, 2.45) is 0 Å². The highest BCUT2D eigenvalue weighted by molar-refractivity contribution is 5.77. The zero-order chi connectivity index (χ0) is 20.0. The monoisotopic (exact) mass is 380 g/mol. The van der Waals surface area contributed by atoms with Crippen LogP contribution >= 0.6 is 0 Å². The summed E-state index contributed by atoms with van der Waals surface area (Å²) in [6.45, 7) is 9.52.